The summed E-state index contributed by atoms with van der Waals surface area (Å²) in [6.45, 7) is 0. The zero-order chi connectivity index (χ0) is 31.7. The Morgan fingerprint density at radius 1 is 0.767 bits per heavy atom. The van der Waals surface area contributed by atoms with Gasteiger partial charge >= 0.3 is 0 Å². The van der Waals surface area contributed by atoms with Gasteiger partial charge in [-0.05, 0) is 48.5 Å². The highest BCUT2D eigenvalue weighted by Crippen LogP contribution is 2.38. The Hall–Kier alpha value is -4.06. The van der Waals surface area contributed by atoms with Gasteiger partial charge in [0.2, 0.25) is 5.91 Å². The fourth-order valence-electron chi connectivity index (χ4n) is 4.05. The van der Waals surface area contributed by atoms with E-state index < -0.39 is 73.9 Å². The highest BCUT2D eigenvalue weighted by atomic mass is 35.5. The first kappa shape index (κ1) is 31.9. The van der Waals surface area contributed by atoms with Crippen molar-refractivity contribution in [2.45, 2.75) is 25.8 Å². The zero-order valence-electron chi connectivity index (χ0n) is 21.5. The van der Waals surface area contributed by atoms with Crippen LogP contribution in [-0.4, -0.2) is 56.0 Å². The summed E-state index contributed by atoms with van der Waals surface area (Å²) in [6, 6.07) is 16.0. The van der Waals surface area contributed by atoms with Crippen molar-refractivity contribution in [3.05, 3.63) is 84.4 Å². The first-order valence-electron chi connectivity index (χ1n) is 11.9. The third-order valence-corrected chi connectivity index (χ3v) is 10.4. The first-order chi connectivity index (χ1) is 20.0. The number of halogens is 1. The number of carbonyl (C=O) groups excluding carboxylic acids is 2. The van der Waals surface area contributed by atoms with Gasteiger partial charge in [0.05, 0.1) is 21.9 Å². The van der Waals surface area contributed by atoms with E-state index >= 15 is 0 Å². The maximum absolute atomic E-state index is 13.1. The van der Waals surface area contributed by atoms with Crippen molar-refractivity contribution >= 4 is 75.6 Å². The van der Waals surface area contributed by atoms with Crippen molar-refractivity contribution in [3.8, 4) is 5.75 Å². The molecule has 0 aromatic heterocycles. The average molecular weight is 669 g/mol. The van der Waals surface area contributed by atoms with Gasteiger partial charge in [-0.1, -0.05) is 24.3 Å². The summed E-state index contributed by atoms with van der Waals surface area (Å²) >= 11 is 6.04. The highest BCUT2D eigenvalue weighted by molar-refractivity contribution is 7.93. The van der Waals surface area contributed by atoms with Crippen LogP contribution in [0.1, 0.15) is 16.8 Å². The second kappa shape index (κ2) is 11.9. The molecule has 0 radical (unpaired) electrons. The number of alkyl halides is 1. The zero-order valence-corrected chi connectivity index (χ0v) is 24.7. The Morgan fingerprint density at radius 3 is 2.07 bits per heavy atom. The number of sulfone groups is 1. The summed E-state index contributed by atoms with van der Waals surface area (Å²) in [4.78, 5) is 23.9. The number of phenolic OH excluding ortho intramolecular Hbond substituents is 1. The van der Waals surface area contributed by atoms with E-state index in [-0.39, 0.29) is 27.2 Å². The number of carbonyl (C=O) groups is 2. The molecule has 43 heavy (non-hydrogen) atoms. The van der Waals surface area contributed by atoms with E-state index in [1.807, 2.05) is 0 Å². The summed E-state index contributed by atoms with van der Waals surface area (Å²) < 4.78 is 89.7. The van der Waals surface area contributed by atoms with E-state index in [1.54, 1.807) is 6.07 Å². The molecule has 1 unspecified atom stereocenters. The van der Waals surface area contributed by atoms with Crippen molar-refractivity contribution in [1.29, 1.82) is 0 Å². The lowest BCUT2D eigenvalue weighted by molar-refractivity contribution is -0.116. The molecule has 0 aliphatic heterocycles. The van der Waals surface area contributed by atoms with Crippen molar-refractivity contribution in [2.24, 2.45) is 0 Å². The number of phenols is 1. The van der Waals surface area contributed by atoms with E-state index in [2.05, 4.69) is 10.6 Å². The molecule has 0 bridgehead atoms. The van der Waals surface area contributed by atoms with E-state index in [4.69, 9.17) is 11.6 Å². The number of anilines is 2. The summed E-state index contributed by atoms with van der Waals surface area (Å²) in [6.07, 6.45) is -0.605. The van der Waals surface area contributed by atoms with Crippen LogP contribution in [0.25, 0.3) is 10.8 Å². The van der Waals surface area contributed by atoms with Gasteiger partial charge in [-0.15, -0.1) is 11.6 Å². The van der Waals surface area contributed by atoms with Crippen LogP contribution in [0.5, 0.6) is 5.75 Å². The topological polar surface area (TPSA) is 221 Å². The monoisotopic (exact) mass is 668 g/mol. The largest absolute Gasteiger partial charge is 0.507 e. The molecule has 0 spiro atoms. The van der Waals surface area contributed by atoms with Gasteiger partial charge in [-0.3, -0.25) is 18.7 Å². The predicted octanol–water partition coefficient (Wildman–Crippen LogP) is 3.66. The average Bonchev–Trinajstić information content (AvgIpc) is 2.92. The summed E-state index contributed by atoms with van der Waals surface area (Å²) in [5.74, 6) is -2.42. The van der Waals surface area contributed by atoms with Crippen LogP contribution in [0.15, 0.2) is 93.5 Å². The summed E-state index contributed by atoms with van der Waals surface area (Å²) in [5, 5.41) is 14.5. The number of hydrogen-bond donors (Lipinski definition) is 5. The maximum Gasteiger partial charge on any atom is 0.295 e. The molecule has 0 aliphatic carbocycles. The van der Waals surface area contributed by atoms with E-state index in [0.29, 0.717) is 12.1 Å². The molecule has 0 saturated carbocycles. The molecule has 226 valence electrons. The first-order valence-corrected chi connectivity index (χ1v) is 16.7. The minimum atomic E-state index is -4.94. The van der Waals surface area contributed by atoms with Crippen LogP contribution in [-0.2, 0) is 34.9 Å². The van der Waals surface area contributed by atoms with Gasteiger partial charge in [0, 0.05) is 28.1 Å². The molecule has 0 saturated heterocycles. The molecule has 2 amide bonds. The van der Waals surface area contributed by atoms with Crippen LogP contribution in [0.2, 0.25) is 0 Å². The molecule has 17 heteroatoms. The second-order valence-corrected chi connectivity index (χ2v) is 14.7. The van der Waals surface area contributed by atoms with Gasteiger partial charge in [0.15, 0.2) is 9.84 Å². The molecule has 4 rings (SSSR count). The number of fused-ring (bicyclic) bond motifs is 1. The fourth-order valence-corrected chi connectivity index (χ4v) is 6.90. The molecule has 0 heterocycles. The quantitative estimate of drug-likeness (QED) is 0.128. The third kappa shape index (κ3) is 7.12. The number of rotatable bonds is 9. The lowest BCUT2D eigenvalue weighted by Crippen LogP contribution is -2.23. The molecule has 4 aromatic rings. The number of hydrogen-bond acceptors (Lipinski definition) is 9. The van der Waals surface area contributed by atoms with Gasteiger partial charge in [-0.2, -0.15) is 16.8 Å². The van der Waals surface area contributed by atoms with Gasteiger partial charge in [0.1, 0.15) is 15.4 Å². The van der Waals surface area contributed by atoms with Crippen LogP contribution < -0.4 is 10.6 Å². The highest BCUT2D eigenvalue weighted by Gasteiger charge is 2.28. The van der Waals surface area contributed by atoms with E-state index in [1.165, 1.54) is 48.5 Å². The normalized spacial score (nSPS) is 12.9. The molecule has 13 nitrogen and oxygen atoms in total. The molecule has 4 aromatic carbocycles. The molecule has 1 atom stereocenters. The van der Waals surface area contributed by atoms with Crippen molar-refractivity contribution in [3.63, 3.8) is 0 Å². The lowest BCUT2D eigenvalue weighted by Gasteiger charge is -2.14. The van der Waals surface area contributed by atoms with Gasteiger partial charge < -0.3 is 15.7 Å². The van der Waals surface area contributed by atoms with E-state index in [9.17, 15) is 49.1 Å². The van der Waals surface area contributed by atoms with Crippen molar-refractivity contribution in [2.75, 3.05) is 10.6 Å². The van der Waals surface area contributed by atoms with Gasteiger partial charge in [-0.25, -0.2) is 8.42 Å². The van der Waals surface area contributed by atoms with Crippen LogP contribution in [0.4, 0.5) is 11.4 Å². The number of nitrogens with one attached hydrogen (secondary N) is 2. The fraction of sp³-hybridized carbons (Fsp3) is 0.0769. The SMILES string of the molecule is O=C(CC(Cl)S(=O)(=O)c1ccccc1)Nc1cccc(C(=O)Nc2ccc(S(=O)(=O)O)c3cc(S(=O)(=O)O)cc(O)c23)c1. The molecule has 5 N–H and O–H groups in total. The predicted molar refractivity (Wildman–Crippen MR) is 156 cm³/mol. The Kier molecular flexibility index (Phi) is 8.82. The van der Waals surface area contributed by atoms with Crippen LogP contribution >= 0.6 is 11.6 Å². The number of amides is 2. The van der Waals surface area contributed by atoms with Crippen LogP contribution in [0, 0.1) is 0 Å². The Morgan fingerprint density at radius 2 is 1.44 bits per heavy atom. The van der Waals surface area contributed by atoms with Crippen LogP contribution in [0.3, 0.4) is 0 Å². The Bertz CT molecular complexity index is 2090. The maximum atomic E-state index is 13.1. The molecular formula is C26H21ClN2O11S3. The van der Waals surface area contributed by atoms with Gasteiger partial charge in [0.25, 0.3) is 26.1 Å². The standard InChI is InChI=1S/C26H21ClN2O11S3/c27-23(41(33,34)17-7-2-1-3-8-17)14-24(31)28-16-6-4-5-15(11-16)26(32)29-20-9-10-22(43(38,39)40)19-12-18(42(35,36)37)13-21(30)25(19)20/h1-13,23,30H,14H2,(H,28,31)(H,29,32)(H,35,36,37)(H,38,39,40). The minimum absolute atomic E-state index is 0.0433. The van der Waals surface area contributed by atoms with E-state index in [0.717, 1.165) is 12.1 Å². The second-order valence-electron chi connectivity index (χ2n) is 8.98. The number of benzene rings is 4. The minimum Gasteiger partial charge on any atom is -0.507 e. The summed E-state index contributed by atoms with van der Waals surface area (Å²) in [7, 11) is -13.9. The Balaban J connectivity index is 1.59. The lowest BCUT2D eigenvalue weighted by atomic mass is 10.1. The summed E-state index contributed by atoms with van der Waals surface area (Å²) in [5.41, 5.74) is -0.138. The molecular weight excluding hydrogens is 648 g/mol. The smallest absolute Gasteiger partial charge is 0.295 e. The molecule has 0 fully saturated rings. The van der Waals surface area contributed by atoms with Crippen molar-refractivity contribution in [1.82, 2.24) is 0 Å². The van der Waals surface area contributed by atoms with Crippen molar-refractivity contribution < 1.29 is 49.1 Å². The third-order valence-electron chi connectivity index (χ3n) is 6.01. The molecule has 0 aliphatic rings. The number of aromatic hydroxyl groups is 1. The Labute approximate surface area is 250 Å².